The summed E-state index contributed by atoms with van der Waals surface area (Å²) in [5.74, 6) is 0. The molecule has 1 N–H and O–H groups in total. The SMILES string of the molecule is Cc1cccc2[nH][c]([Zr+2][C]3=C([SiH](C)C)C=CC3)c(C)c12.[Cl-].[Cl-]. The first-order chi connectivity index (χ1) is 9.58. The molecule has 22 heavy (non-hydrogen) atoms. The molecule has 0 fully saturated rings. The third kappa shape index (κ3) is 3.70. The third-order valence-corrected chi connectivity index (χ3v) is 10.4. The van der Waals surface area contributed by atoms with Gasteiger partial charge in [-0.15, -0.1) is 0 Å². The second-order valence-electron chi connectivity index (χ2n) is 5.94. The summed E-state index contributed by atoms with van der Waals surface area (Å²) >= 11 is -0.652. The number of aromatic amines is 1. The number of halogens is 2. The van der Waals surface area contributed by atoms with Gasteiger partial charge in [-0.2, -0.15) is 0 Å². The number of fused-ring (bicyclic) bond motifs is 1. The number of nitrogens with one attached hydrogen (secondary N) is 1. The predicted molar refractivity (Wildman–Crippen MR) is 87.1 cm³/mol. The molecule has 3 rings (SSSR count). The van der Waals surface area contributed by atoms with Crippen LogP contribution in [0.1, 0.15) is 17.5 Å². The van der Waals surface area contributed by atoms with Crippen LogP contribution in [0.5, 0.6) is 0 Å². The Balaban J connectivity index is 0.00000121. The van der Waals surface area contributed by atoms with Gasteiger partial charge in [0.2, 0.25) is 0 Å². The van der Waals surface area contributed by atoms with Crippen LogP contribution in [0.4, 0.5) is 0 Å². The summed E-state index contributed by atoms with van der Waals surface area (Å²) in [5.41, 5.74) is 4.24. The van der Waals surface area contributed by atoms with E-state index in [2.05, 4.69) is 62.3 Å². The van der Waals surface area contributed by atoms with Crippen molar-refractivity contribution in [1.82, 2.24) is 4.98 Å². The van der Waals surface area contributed by atoms with Crippen molar-refractivity contribution in [3.05, 3.63) is 50.0 Å². The van der Waals surface area contributed by atoms with Crippen molar-refractivity contribution in [2.45, 2.75) is 33.4 Å². The van der Waals surface area contributed by atoms with Crippen molar-refractivity contribution < 1.29 is 48.0 Å². The Kier molecular flexibility index (Phi) is 7.39. The molecule has 1 aliphatic carbocycles. The maximum absolute atomic E-state index is 3.72. The Morgan fingerprint density at radius 1 is 1.14 bits per heavy atom. The average Bonchev–Trinajstić information content (AvgIpc) is 2.97. The Labute approximate surface area is 158 Å². The average molecular weight is 430 g/mol. The van der Waals surface area contributed by atoms with Crippen LogP contribution in [0.3, 0.4) is 0 Å². The van der Waals surface area contributed by atoms with Crippen LogP contribution < -0.4 is 28.2 Å². The largest absolute Gasteiger partial charge is 1.00 e. The number of benzene rings is 1. The molecule has 0 amide bonds. The van der Waals surface area contributed by atoms with Gasteiger partial charge in [-0.25, -0.2) is 0 Å². The van der Waals surface area contributed by atoms with Crippen molar-refractivity contribution in [2.24, 2.45) is 0 Å². The number of aromatic nitrogens is 1. The molecule has 0 radical (unpaired) electrons. The Hall–Kier alpha value is -0.0800. The molecular weight excluding hydrogens is 408 g/mol. The Bertz CT molecular complexity index is 732. The number of hydrogen-bond acceptors (Lipinski definition) is 0. The van der Waals surface area contributed by atoms with Crippen molar-refractivity contribution in [2.75, 3.05) is 0 Å². The van der Waals surface area contributed by atoms with E-state index in [9.17, 15) is 0 Å². The topological polar surface area (TPSA) is 15.8 Å². The first-order valence-electron chi connectivity index (χ1n) is 7.32. The molecule has 5 heteroatoms. The van der Waals surface area contributed by atoms with Crippen LogP contribution in [0.15, 0.2) is 38.8 Å². The normalized spacial score (nSPS) is 13.3. The summed E-state index contributed by atoms with van der Waals surface area (Å²) in [6.07, 6.45) is 6.01. The van der Waals surface area contributed by atoms with Crippen LogP contribution in [-0.2, 0) is 23.2 Å². The zero-order valence-electron chi connectivity index (χ0n) is 13.4. The van der Waals surface area contributed by atoms with Crippen molar-refractivity contribution >= 4 is 23.1 Å². The van der Waals surface area contributed by atoms with E-state index >= 15 is 0 Å². The van der Waals surface area contributed by atoms with Crippen LogP contribution in [0.25, 0.3) is 10.9 Å². The standard InChI is InChI=1S/C10H10N.C7H11Si.2ClH.Zr/c1-7-4-3-5-9-10(7)8(2)6-11-9;1-8(2)7-5-3-4-6-7;;;/h3-5,11H,1-2H3;3,5,8H,4H2,1-2H3;2*1H;/q;;;;+2/p-2. The molecule has 0 bridgehead atoms. The first-order valence-corrected chi connectivity index (χ1v) is 12.7. The second-order valence-corrected chi connectivity index (χ2v) is 12.2. The zero-order chi connectivity index (χ0) is 14.3. The number of rotatable bonds is 3. The van der Waals surface area contributed by atoms with Gasteiger partial charge in [-0.1, -0.05) is 0 Å². The minimum absolute atomic E-state index is 0. The van der Waals surface area contributed by atoms with E-state index < -0.39 is 32.0 Å². The molecule has 0 saturated heterocycles. The van der Waals surface area contributed by atoms with Gasteiger partial charge in [0.1, 0.15) is 0 Å². The van der Waals surface area contributed by atoms with Gasteiger partial charge in [-0.3, -0.25) is 0 Å². The van der Waals surface area contributed by atoms with Crippen molar-refractivity contribution in [3.63, 3.8) is 0 Å². The van der Waals surface area contributed by atoms with Crippen LogP contribution in [-0.4, -0.2) is 13.8 Å². The minimum atomic E-state index is -0.662. The third-order valence-electron chi connectivity index (χ3n) is 4.15. The fourth-order valence-electron chi connectivity index (χ4n) is 3.09. The minimum Gasteiger partial charge on any atom is -1.00 e. The van der Waals surface area contributed by atoms with E-state index in [1.165, 1.54) is 28.5 Å². The van der Waals surface area contributed by atoms with Crippen LogP contribution >= 0.6 is 0 Å². The van der Waals surface area contributed by atoms with E-state index in [1.807, 2.05) is 3.28 Å². The maximum Gasteiger partial charge on any atom is -1.00 e. The number of allylic oxidation sites excluding steroid dienone is 4. The van der Waals surface area contributed by atoms with E-state index in [0.717, 1.165) is 0 Å². The molecule has 116 valence electrons. The van der Waals surface area contributed by atoms with E-state index in [4.69, 9.17) is 0 Å². The summed E-state index contributed by atoms with van der Waals surface area (Å²) in [6.45, 7) is 9.43. The number of H-pyrrole nitrogens is 1. The van der Waals surface area contributed by atoms with Gasteiger partial charge in [0, 0.05) is 0 Å². The van der Waals surface area contributed by atoms with E-state index in [-0.39, 0.29) is 24.8 Å². The molecule has 1 aromatic heterocycles. The summed E-state index contributed by atoms with van der Waals surface area (Å²) in [5, 5.41) is 3.20. The van der Waals surface area contributed by atoms with Gasteiger partial charge >= 0.3 is 135 Å². The van der Waals surface area contributed by atoms with Crippen molar-refractivity contribution in [3.8, 4) is 0 Å². The summed E-state index contributed by atoms with van der Waals surface area (Å²) in [6, 6.07) is 6.60. The molecule has 0 spiro atoms. The van der Waals surface area contributed by atoms with Gasteiger partial charge in [0.05, 0.1) is 0 Å². The molecule has 2 aromatic rings. The molecule has 0 atom stereocenters. The molecule has 1 nitrogen and oxygen atoms in total. The molecule has 1 aliphatic rings. The molecular formula is C17H21Cl2NSiZr. The summed E-state index contributed by atoms with van der Waals surface area (Å²) in [7, 11) is -0.662. The van der Waals surface area contributed by atoms with E-state index in [0.29, 0.717) is 0 Å². The van der Waals surface area contributed by atoms with E-state index in [1.54, 1.807) is 8.60 Å². The number of aryl methyl sites for hydroxylation is 2. The monoisotopic (exact) mass is 427 g/mol. The predicted octanol–water partition coefficient (Wildman–Crippen LogP) is -2.26. The molecule has 0 unspecified atom stereocenters. The zero-order valence-corrected chi connectivity index (χ0v) is 18.6. The fourth-order valence-corrected chi connectivity index (χ4v) is 10.1. The number of hydrogen-bond donors (Lipinski definition) is 1. The van der Waals surface area contributed by atoms with Gasteiger partial charge in [0.15, 0.2) is 0 Å². The molecule has 1 aromatic carbocycles. The fraction of sp³-hybridized carbons (Fsp3) is 0.294. The van der Waals surface area contributed by atoms with Crippen LogP contribution in [0, 0.1) is 13.8 Å². The Morgan fingerprint density at radius 2 is 1.86 bits per heavy atom. The van der Waals surface area contributed by atoms with Crippen molar-refractivity contribution in [1.29, 1.82) is 0 Å². The smallest absolute Gasteiger partial charge is 1.00 e. The van der Waals surface area contributed by atoms with Gasteiger partial charge in [0.25, 0.3) is 0 Å². The molecule has 0 aliphatic heterocycles. The van der Waals surface area contributed by atoms with Gasteiger partial charge in [-0.05, 0) is 0 Å². The molecule has 0 saturated carbocycles. The van der Waals surface area contributed by atoms with Gasteiger partial charge < -0.3 is 24.8 Å². The first kappa shape index (κ1) is 20.0. The maximum atomic E-state index is 3.72. The second kappa shape index (κ2) is 8.15. The summed E-state index contributed by atoms with van der Waals surface area (Å²) in [4.78, 5) is 3.72. The summed E-state index contributed by atoms with van der Waals surface area (Å²) < 4.78 is 3.38. The quantitative estimate of drug-likeness (QED) is 0.531. The van der Waals surface area contributed by atoms with Crippen LogP contribution in [0.2, 0.25) is 13.1 Å². The molecule has 1 heterocycles. The Morgan fingerprint density at radius 3 is 2.50 bits per heavy atom.